The van der Waals surface area contributed by atoms with Crippen LogP contribution in [0.15, 0.2) is 12.2 Å². The van der Waals surface area contributed by atoms with Crippen molar-refractivity contribution >= 4 is 0 Å². The Kier molecular flexibility index (Phi) is 6.55. The molecule has 112 valence electrons. The highest BCUT2D eigenvalue weighted by Gasteiger charge is 2.42. The van der Waals surface area contributed by atoms with E-state index in [0.29, 0.717) is 6.61 Å². The lowest BCUT2D eigenvalue weighted by molar-refractivity contribution is -0.274. The van der Waals surface area contributed by atoms with E-state index in [2.05, 4.69) is 51.8 Å². The molecule has 0 amide bonds. The third-order valence-corrected chi connectivity index (χ3v) is 4.12. The van der Waals surface area contributed by atoms with E-state index in [-0.39, 0.29) is 11.1 Å². The van der Waals surface area contributed by atoms with Crippen LogP contribution in [0.3, 0.4) is 0 Å². The van der Waals surface area contributed by atoms with Crippen molar-refractivity contribution in [2.45, 2.75) is 90.6 Å². The number of nitrogens with zero attached hydrogens (tertiary/aromatic N) is 1. The van der Waals surface area contributed by atoms with E-state index in [1.165, 1.54) is 44.9 Å². The Hall–Kier alpha value is -0.340. The first-order valence-corrected chi connectivity index (χ1v) is 7.98. The molecule has 0 N–H and O–H groups in total. The molecular formula is C17H33NO. The van der Waals surface area contributed by atoms with Crippen LogP contribution in [0.1, 0.15) is 79.6 Å². The minimum absolute atomic E-state index is 0.151. The fraction of sp³-hybridized carbons (Fsp3) is 0.882. The van der Waals surface area contributed by atoms with E-state index in [4.69, 9.17) is 4.84 Å². The summed E-state index contributed by atoms with van der Waals surface area (Å²) in [6, 6.07) is 0. The third kappa shape index (κ3) is 5.27. The summed E-state index contributed by atoms with van der Waals surface area (Å²) in [5.74, 6) is 0. The van der Waals surface area contributed by atoms with Crippen molar-refractivity contribution < 1.29 is 4.84 Å². The summed E-state index contributed by atoms with van der Waals surface area (Å²) in [5.41, 5.74) is 0.301. The fourth-order valence-corrected chi connectivity index (χ4v) is 3.14. The van der Waals surface area contributed by atoms with Gasteiger partial charge in [-0.15, -0.1) is 0 Å². The van der Waals surface area contributed by atoms with Crippen LogP contribution < -0.4 is 0 Å². The topological polar surface area (TPSA) is 12.5 Å². The van der Waals surface area contributed by atoms with Gasteiger partial charge in [-0.1, -0.05) is 31.9 Å². The standard InChI is InChI=1S/C17H33NO/c1-6-7-8-9-10-11-15-19-18-16(2,3)13-12-14-17(18,4)5/h10-11H,6-9,12-15H2,1-5H3/b11-10+. The zero-order valence-corrected chi connectivity index (χ0v) is 13.7. The second kappa shape index (κ2) is 7.44. The number of allylic oxidation sites excluding steroid dienone is 1. The van der Waals surface area contributed by atoms with E-state index in [1.54, 1.807) is 0 Å². The van der Waals surface area contributed by atoms with Gasteiger partial charge in [0.25, 0.3) is 0 Å². The molecule has 1 aliphatic heterocycles. The van der Waals surface area contributed by atoms with Crippen molar-refractivity contribution in [1.29, 1.82) is 0 Å². The Labute approximate surface area is 120 Å². The SMILES string of the molecule is CCCCC/C=C/CON1C(C)(C)CCCC1(C)C. The molecule has 1 aliphatic rings. The Morgan fingerprint density at radius 1 is 1.00 bits per heavy atom. The molecule has 0 aromatic rings. The molecule has 0 spiro atoms. The highest BCUT2D eigenvalue weighted by molar-refractivity contribution is 4.93. The summed E-state index contributed by atoms with van der Waals surface area (Å²) in [6.45, 7) is 12.1. The molecule has 1 fully saturated rings. The fourth-order valence-electron chi connectivity index (χ4n) is 3.14. The summed E-state index contributed by atoms with van der Waals surface area (Å²) in [4.78, 5) is 6.07. The summed E-state index contributed by atoms with van der Waals surface area (Å²) < 4.78 is 0. The van der Waals surface area contributed by atoms with Crippen molar-refractivity contribution in [1.82, 2.24) is 5.06 Å². The lowest BCUT2D eigenvalue weighted by Crippen LogP contribution is -2.58. The third-order valence-electron chi connectivity index (χ3n) is 4.12. The minimum Gasteiger partial charge on any atom is -0.294 e. The summed E-state index contributed by atoms with van der Waals surface area (Å²) in [7, 11) is 0. The van der Waals surface area contributed by atoms with Crippen LogP contribution in [0.4, 0.5) is 0 Å². The predicted octanol–water partition coefficient (Wildman–Crippen LogP) is 5.10. The number of hydrogen-bond acceptors (Lipinski definition) is 2. The number of hydroxylamine groups is 2. The van der Waals surface area contributed by atoms with Gasteiger partial charge in [-0.05, 0) is 59.8 Å². The zero-order chi connectivity index (χ0) is 14.4. The van der Waals surface area contributed by atoms with Gasteiger partial charge in [0.1, 0.15) is 0 Å². The highest BCUT2D eigenvalue weighted by atomic mass is 16.7. The summed E-state index contributed by atoms with van der Waals surface area (Å²) in [5, 5.41) is 2.24. The molecule has 19 heavy (non-hydrogen) atoms. The number of unbranched alkanes of at least 4 members (excludes halogenated alkanes) is 3. The van der Waals surface area contributed by atoms with Gasteiger partial charge in [-0.3, -0.25) is 4.84 Å². The largest absolute Gasteiger partial charge is 0.294 e. The van der Waals surface area contributed by atoms with Crippen molar-refractivity contribution in [3.05, 3.63) is 12.2 Å². The Balaban J connectivity index is 2.37. The van der Waals surface area contributed by atoms with Gasteiger partial charge in [-0.25, -0.2) is 0 Å². The maximum absolute atomic E-state index is 6.07. The Morgan fingerprint density at radius 2 is 1.63 bits per heavy atom. The van der Waals surface area contributed by atoms with E-state index in [0.717, 1.165) is 0 Å². The molecule has 2 heteroatoms. The predicted molar refractivity (Wildman–Crippen MR) is 83.1 cm³/mol. The van der Waals surface area contributed by atoms with Crippen LogP contribution >= 0.6 is 0 Å². The molecule has 0 radical (unpaired) electrons. The molecule has 1 saturated heterocycles. The molecule has 2 nitrogen and oxygen atoms in total. The molecule has 0 atom stereocenters. The number of rotatable bonds is 7. The molecular weight excluding hydrogens is 234 g/mol. The molecule has 1 rings (SSSR count). The van der Waals surface area contributed by atoms with Crippen LogP contribution in [0.25, 0.3) is 0 Å². The molecule has 0 unspecified atom stereocenters. The molecule has 0 aliphatic carbocycles. The van der Waals surface area contributed by atoms with Gasteiger partial charge in [0.15, 0.2) is 0 Å². The Morgan fingerprint density at radius 3 is 2.21 bits per heavy atom. The maximum atomic E-state index is 6.07. The summed E-state index contributed by atoms with van der Waals surface area (Å²) in [6.07, 6.45) is 13.3. The first-order chi connectivity index (χ1) is 8.90. The van der Waals surface area contributed by atoms with E-state index >= 15 is 0 Å². The van der Waals surface area contributed by atoms with E-state index in [9.17, 15) is 0 Å². The first-order valence-electron chi connectivity index (χ1n) is 7.98. The lowest BCUT2D eigenvalue weighted by Gasteiger charge is -2.51. The van der Waals surface area contributed by atoms with Crippen LogP contribution in [-0.2, 0) is 4.84 Å². The lowest BCUT2D eigenvalue weighted by atomic mass is 9.82. The number of hydrogen-bond donors (Lipinski definition) is 0. The maximum Gasteiger partial charge on any atom is 0.0867 e. The second-order valence-corrected chi connectivity index (χ2v) is 7.04. The Bertz CT molecular complexity index is 265. The molecule has 1 heterocycles. The smallest absolute Gasteiger partial charge is 0.0867 e. The first kappa shape index (κ1) is 16.7. The average Bonchev–Trinajstić information content (AvgIpc) is 2.30. The van der Waals surface area contributed by atoms with Crippen molar-refractivity contribution in [2.75, 3.05) is 6.61 Å². The van der Waals surface area contributed by atoms with E-state index in [1.807, 2.05) is 0 Å². The molecule has 0 aromatic heterocycles. The molecule has 0 aromatic carbocycles. The average molecular weight is 267 g/mol. The van der Waals surface area contributed by atoms with Crippen molar-refractivity contribution in [3.8, 4) is 0 Å². The minimum atomic E-state index is 0.151. The van der Waals surface area contributed by atoms with Gasteiger partial charge < -0.3 is 0 Å². The second-order valence-electron chi connectivity index (χ2n) is 7.04. The number of piperidine rings is 1. The van der Waals surface area contributed by atoms with E-state index < -0.39 is 0 Å². The summed E-state index contributed by atoms with van der Waals surface area (Å²) >= 11 is 0. The van der Waals surface area contributed by atoms with Crippen LogP contribution in [-0.4, -0.2) is 22.7 Å². The van der Waals surface area contributed by atoms with Crippen LogP contribution in [0.2, 0.25) is 0 Å². The van der Waals surface area contributed by atoms with Gasteiger partial charge >= 0.3 is 0 Å². The van der Waals surface area contributed by atoms with Gasteiger partial charge in [0.05, 0.1) is 6.61 Å². The van der Waals surface area contributed by atoms with Crippen LogP contribution in [0, 0.1) is 0 Å². The molecule has 0 bridgehead atoms. The highest BCUT2D eigenvalue weighted by Crippen LogP contribution is 2.38. The van der Waals surface area contributed by atoms with Crippen LogP contribution in [0.5, 0.6) is 0 Å². The quantitative estimate of drug-likeness (QED) is 0.470. The monoisotopic (exact) mass is 267 g/mol. The van der Waals surface area contributed by atoms with Gasteiger partial charge in [0, 0.05) is 11.1 Å². The van der Waals surface area contributed by atoms with Crippen molar-refractivity contribution in [2.24, 2.45) is 0 Å². The van der Waals surface area contributed by atoms with Crippen molar-refractivity contribution in [3.63, 3.8) is 0 Å². The van der Waals surface area contributed by atoms with Gasteiger partial charge in [0.2, 0.25) is 0 Å². The normalized spacial score (nSPS) is 23.0. The molecule has 0 saturated carbocycles. The van der Waals surface area contributed by atoms with Gasteiger partial charge in [-0.2, -0.15) is 5.06 Å². The zero-order valence-electron chi connectivity index (χ0n) is 13.7.